The highest BCUT2D eigenvalue weighted by Crippen LogP contribution is 2.63. The van der Waals surface area contributed by atoms with Gasteiger partial charge in [0.05, 0.1) is 6.10 Å². The van der Waals surface area contributed by atoms with Crippen LogP contribution in [0, 0.1) is 34.0 Å². The minimum absolute atomic E-state index is 0.0217. The molecule has 3 fully saturated rings. The molecular weight excluding hydrogens is 482 g/mol. The van der Waals surface area contributed by atoms with Gasteiger partial charge in [-0.3, -0.25) is 14.9 Å². The van der Waals surface area contributed by atoms with Crippen molar-refractivity contribution in [1.29, 1.82) is 0 Å². The first-order valence-corrected chi connectivity index (χ1v) is 13.4. The van der Waals surface area contributed by atoms with Crippen LogP contribution in [-0.2, 0) is 9.53 Å². The molecule has 10 heteroatoms. The van der Waals surface area contributed by atoms with E-state index in [1.807, 2.05) is 20.8 Å². The van der Waals surface area contributed by atoms with Crippen LogP contribution in [0.4, 0.5) is 9.93 Å². The molecule has 4 rings (SSSR count). The Kier molecular flexibility index (Phi) is 6.85. The van der Waals surface area contributed by atoms with E-state index in [4.69, 9.17) is 10.5 Å². The number of aliphatic hydroxyl groups excluding tert-OH is 2. The maximum atomic E-state index is 13.3. The molecule has 3 saturated carbocycles. The molecule has 5 N–H and O–H groups in total. The smallest absolute Gasteiger partial charge is 0.414 e. The molecule has 36 heavy (non-hydrogen) atoms. The van der Waals surface area contributed by atoms with Gasteiger partial charge in [-0.05, 0) is 49.4 Å². The second kappa shape index (κ2) is 9.22. The van der Waals surface area contributed by atoms with E-state index in [-0.39, 0.29) is 34.9 Å². The molecule has 0 spiro atoms. The Labute approximate surface area is 215 Å². The van der Waals surface area contributed by atoms with Crippen LogP contribution in [-0.4, -0.2) is 51.3 Å². The highest BCUT2D eigenvalue weighted by molar-refractivity contribution is 7.13. The number of ketones is 1. The zero-order valence-electron chi connectivity index (χ0n) is 21.3. The number of aliphatic hydroxyl groups is 2. The summed E-state index contributed by atoms with van der Waals surface area (Å²) < 4.78 is 5.97. The standard InChI is InChI=1S/C26H37N3O6S/c1-6-24(4)11-18(35-23(34)29-21(33)16-12-36-22(27)28-16)25(5)9-15-19(31)17(30)10-26(15,8-7-13(25)2)14(3)20(24)32/h6,12-15,17-18,20,30,32H,1,7-11H2,2-5H3,(H2,27,28)(H,29,33,34)/t13?,14-,15?,17-,18+,20-,24+,25-,26-/m0/s1. The van der Waals surface area contributed by atoms with Crippen molar-refractivity contribution < 1.29 is 29.3 Å². The number of nitrogens with two attached hydrogens (primary N) is 1. The predicted octanol–water partition coefficient (Wildman–Crippen LogP) is 3.32. The number of carbonyl (C=O) groups is 3. The Morgan fingerprint density at radius 2 is 1.97 bits per heavy atom. The number of nitrogen functional groups attached to an aromatic ring is 1. The summed E-state index contributed by atoms with van der Waals surface area (Å²) >= 11 is 1.09. The van der Waals surface area contributed by atoms with Crippen molar-refractivity contribution in [2.45, 2.75) is 78.1 Å². The van der Waals surface area contributed by atoms with E-state index in [9.17, 15) is 24.6 Å². The van der Waals surface area contributed by atoms with E-state index in [0.717, 1.165) is 17.8 Å². The van der Waals surface area contributed by atoms with Gasteiger partial charge in [0, 0.05) is 22.1 Å². The lowest BCUT2D eigenvalue weighted by Gasteiger charge is -2.47. The van der Waals surface area contributed by atoms with Gasteiger partial charge in [0.25, 0.3) is 5.91 Å². The van der Waals surface area contributed by atoms with Crippen LogP contribution in [0.25, 0.3) is 0 Å². The van der Waals surface area contributed by atoms with Gasteiger partial charge in [0.2, 0.25) is 0 Å². The number of thiazole rings is 1. The number of carbonyl (C=O) groups excluding carboxylic acids is 3. The number of alkyl carbamates (subject to hydrolysis) is 1. The van der Waals surface area contributed by atoms with Crippen molar-refractivity contribution in [1.82, 2.24) is 10.3 Å². The van der Waals surface area contributed by atoms with Gasteiger partial charge in [-0.2, -0.15) is 0 Å². The van der Waals surface area contributed by atoms with Gasteiger partial charge in [0.15, 0.2) is 10.9 Å². The van der Waals surface area contributed by atoms with Crippen molar-refractivity contribution in [3.63, 3.8) is 0 Å². The lowest BCUT2D eigenvalue weighted by Crippen LogP contribution is -2.49. The maximum absolute atomic E-state index is 13.3. The lowest BCUT2D eigenvalue weighted by molar-refractivity contribution is -0.130. The summed E-state index contributed by atoms with van der Waals surface area (Å²) in [7, 11) is 0. The normalized spacial score (nSPS) is 42.4. The number of amides is 2. The second-order valence-corrected chi connectivity index (χ2v) is 12.5. The number of nitrogens with zero attached hydrogens (tertiary/aromatic N) is 1. The number of Topliss-reactive ketones (excluding diaryl/α,β-unsaturated/α-hetero) is 1. The molecule has 0 saturated heterocycles. The van der Waals surface area contributed by atoms with Crippen LogP contribution in [0.5, 0.6) is 0 Å². The van der Waals surface area contributed by atoms with E-state index < -0.39 is 52.5 Å². The van der Waals surface area contributed by atoms with Gasteiger partial charge >= 0.3 is 6.09 Å². The Bertz CT molecular complexity index is 1080. The average molecular weight is 520 g/mol. The second-order valence-electron chi connectivity index (χ2n) is 11.6. The Hall–Kier alpha value is -2.30. The Morgan fingerprint density at radius 3 is 2.58 bits per heavy atom. The zero-order valence-corrected chi connectivity index (χ0v) is 22.1. The van der Waals surface area contributed by atoms with Gasteiger partial charge < -0.3 is 20.7 Å². The fraction of sp³-hybridized carbons (Fsp3) is 0.692. The molecule has 2 unspecified atom stereocenters. The Balaban J connectivity index is 1.73. The van der Waals surface area contributed by atoms with Crippen LogP contribution in [0.2, 0.25) is 0 Å². The molecule has 2 bridgehead atoms. The zero-order chi connectivity index (χ0) is 26.6. The van der Waals surface area contributed by atoms with Crippen LogP contribution >= 0.6 is 11.3 Å². The molecule has 9 nitrogen and oxygen atoms in total. The number of anilines is 1. The molecule has 1 aromatic rings. The number of fused-ring (bicyclic) bond motifs is 1. The molecule has 0 aromatic carbocycles. The molecule has 1 aromatic heterocycles. The summed E-state index contributed by atoms with van der Waals surface area (Å²) in [6.45, 7) is 11.9. The molecular formula is C26H37N3O6S. The van der Waals surface area contributed by atoms with E-state index in [2.05, 4.69) is 23.8 Å². The maximum Gasteiger partial charge on any atom is 0.414 e. The molecule has 2 amide bonds. The average Bonchev–Trinajstić information content (AvgIpc) is 3.34. The fourth-order valence-corrected chi connectivity index (χ4v) is 7.60. The molecule has 9 atom stereocenters. The van der Waals surface area contributed by atoms with Crippen LogP contribution in [0.15, 0.2) is 18.0 Å². The number of imide groups is 1. The number of nitrogens with one attached hydrogen (secondary N) is 1. The minimum Gasteiger partial charge on any atom is -0.445 e. The largest absolute Gasteiger partial charge is 0.445 e. The van der Waals surface area contributed by atoms with Gasteiger partial charge in [0.1, 0.15) is 17.9 Å². The number of aromatic nitrogens is 1. The monoisotopic (exact) mass is 519 g/mol. The van der Waals surface area contributed by atoms with Crippen LogP contribution < -0.4 is 11.1 Å². The first kappa shape index (κ1) is 26.8. The number of hydrogen-bond acceptors (Lipinski definition) is 9. The third kappa shape index (κ3) is 4.16. The predicted molar refractivity (Wildman–Crippen MR) is 135 cm³/mol. The van der Waals surface area contributed by atoms with Crippen LogP contribution in [0.1, 0.15) is 70.3 Å². The van der Waals surface area contributed by atoms with E-state index in [1.54, 1.807) is 6.08 Å². The summed E-state index contributed by atoms with van der Waals surface area (Å²) in [5.74, 6) is -1.59. The number of rotatable bonds is 3. The summed E-state index contributed by atoms with van der Waals surface area (Å²) in [4.78, 5) is 42.7. The first-order chi connectivity index (χ1) is 16.8. The fourth-order valence-electron chi connectivity index (χ4n) is 7.06. The Morgan fingerprint density at radius 1 is 1.28 bits per heavy atom. The van der Waals surface area contributed by atoms with Gasteiger partial charge in [-0.1, -0.05) is 33.8 Å². The van der Waals surface area contributed by atoms with E-state index in [1.165, 1.54) is 5.38 Å². The highest BCUT2D eigenvalue weighted by Gasteiger charge is 2.64. The first-order valence-electron chi connectivity index (χ1n) is 12.5. The summed E-state index contributed by atoms with van der Waals surface area (Å²) in [5.41, 5.74) is 3.58. The van der Waals surface area contributed by atoms with Crippen molar-refractivity contribution in [3.05, 3.63) is 23.7 Å². The van der Waals surface area contributed by atoms with Gasteiger partial charge in [-0.15, -0.1) is 17.9 Å². The summed E-state index contributed by atoms with van der Waals surface area (Å²) in [6.07, 6.45) is 0.552. The minimum atomic E-state index is -1.07. The lowest BCUT2D eigenvalue weighted by atomic mass is 9.60. The van der Waals surface area contributed by atoms with E-state index >= 15 is 0 Å². The molecule has 0 radical (unpaired) electrons. The molecule has 1 heterocycles. The summed E-state index contributed by atoms with van der Waals surface area (Å²) in [6, 6.07) is 0. The topological polar surface area (TPSA) is 152 Å². The third-order valence-electron chi connectivity index (χ3n) is 9.85. The molecule has 0 aliphatic heterocycles. The summed E-state index contributed by atoms with van der Waals surface area (Å²) in [5, 5.41) is 26.2. The number of hydrogen-bond donors (Lipinski definition) is 4. The van der Waals surface area contributed by atoms with Crippen LogP contribution in [0.3, 0.4) is 0 Å². The van der Waals surface area contributed by atoms with Gasteiger partial charge in [-0.25, -0.2) is 9.78 Å². The van der Waals surface area contributed by atoms with E-state index in [0.29, 0.717) is 19.3 Å². The number of ether oxygens (including phenoxy) is 1. The molecule has 3 aliphatic rings. The van der Waals surface area contributed by atoms with Crippen molar-refractivity contribution >= 4 is 34.3 Å². The molecule has 198 valence electrons. The quantitative estimate of drug-likeness (QED) is 0.444. The van der Waals surface area contributed by atoms with Crippen molar-refractivity contribution in [3.8, 4) is 0 Å². The van der Waals surface area contributed by atoms with Crippen molar-refractivity contribution in [2.24, 2.45) is 34.0 Å². The third-order valence-corrected chi connectivity index (χ3v) is 10.5. The van der Waals surface area contributed by atoms with Crippen molar-refractivity contribution in [2.75, 3.05) is 5.73 Å². The molecule has 3 aliphatic carbocycles. The highest BCUT2D eigenvalue weighted by atomic mass is 32.1. The SMILES string of the molecule is C=C[C@]1(C)C[C@@H](OC(=O)NC(=O)c2csc(N)n2)[C@@]2(C)CC3C(=O)[C@@H](O)C[C@@]3(CCC2C)[C@@H](C)[C@@H]1O.